The molecule has 20 heavy (non-hydrogen) atoms. The molecule has 0 saturated heterocycles. The van der Waals surface area contributed by atoms with Crippen molar-refractivity contribution in [1.29, 1.82) is 0 Å². The van der Waals surface area contributed by atoms with Gasteiger partial charge >= 0.3 is 17.9 Å². The quantitative estimate of drug-likeness (QED) is 0.447. The summed E-state index contributed by atoms with van der Waals surface area (Å²) >= 11 is 0. The van der Waals surface area contributed by atoms with E-state index in [0.29, 0.717) is 0 Å². The topological polar surface area (TPSA) is 138 Å². The fraction of sp³-hybridized carbons (Fsp3) is 0.667. The van der Waals surface area contributed by atoms with Crippen LogP contribution < -0.4 is 0 Å². The van der Waals surface area contributed by atoms with Crippen molar-refractivity contribution in [1.82, 2.24) is 0 Å². The van der Waals surface area contributed by atoms with Crippen LogP contribution in [-0.4, -0.2) is 51.2 Å². The summed E-state index contributed by atoms with van der Waals surface area (Å²) in [5.41, 5.74) is 0. The number of ether oxygens (including phenoxy) is 1. The van der Waals surface area contributed by atoms with E-state index >= 15 is 0 Å². The van der Waals surface area contributed by atoms with Gasteiger partial charge in [0.2, 0.25) is 0 Å². The van der Waals surface area contributed by atoms with Crippen LogP contribution in [0.5, 0.6) is 0 Å². The number of esters is 1. The summed E-state index contributed by atoms with van der Waals surface area (Å²) in [5.74, 6) is -2.97. The fourth-order valence-corrected chi connectivity index (χ4v) is 1.01. The van der Waals surface area contributed by atoms with Gasteiger partial charge in [-0.15, -0.1) is 0 Å². The zero-order valence-corrected chi connectivity index (χ0v) is 11.7. The van der Waals surface area contributed by atoms with Gasteiger partial charge in [-0.05, 0) is 20.8 Å². The maximum Gasteiger partial charge on any atom is 0.310 e. The molecule has 8 heteroatoms. The fourth-order valence-electron chi connectivity index (χ4n) is 1.01. The Morgan fingerprint density at radius 2 is 1.50 bits per heavy atom. The number of rotatable bonds is 7. The summed E-state index contributed by atoms with van der Waals surface area (Å²) in [6.45, 7) is 4.20. The largest absolute Gasteiger partial charge is 0.481 e. The van der Waals surface area contributed by atoms with Gasteiger partial charge in [0.15, 0.2) is 0 Å². The molecule has 2 unspecified atom stereocenters. The van der Waals surface area contributed by atoms with Crippen molar-refractivity contribution in [2.75, 3.05) is 0 Å². The SMILES string of the molecule is CC(=O)CC(=O)O.CC(O)CC(=O)OC(C)CC(=O)O. The third-order valence-corrected chi connectivity index (χ3v) is 1.66. The summed E-state index contributed by atoms with van der Waals surface area (Å²) in [6.07, 6.45) is -2.09. The maximum absolute atomic E-state index is 10.9. The van der Waals surface area contributed by atoms with Gasteiger partial charge in [-0.3, -0.25) is 19.2 Å². The van der Waals surface area contributed by atoms with Gasteiger partial charge in [0.05, 0.1) is 18.9 Å². The first-order valence-electron chi connectivity index (χ1n) is 5.85. The van der Waals surface area contributed by atoms with E-state index in [1.165, 1.54) is 20.8 Å². The monoisotopic (exact) mass is 292 g/mol. The third-order valence-electron chi connectivity index (χ3n) is 1.66. The second-order valence-electron chi connectivity index (χ2n) is 4.22. The molecule has 8 nitrogen and oxygen atoms in total. The van der Waals surface area contributed by atoms with Gasteiger partial charge in [0.25, 0.3) is 0 Å². The molecule has 0 aromatic heterocycles. The number of carbonyl (C=O) groups is 4. The number of carboxylic acids is 2. The van der Waals surface area contributed by atoms with Crippen LogP contribution >= 0.6 is 0 Å². The molecule has 0 bridgehead atoms. The van der Waals surface area contributed by atoms with Crippen LogP contribution in [-0.2, 0) is 23.9 Å². The number of aliphatic carboxylic acids is 2. The van der Waals surface area contributed by atoms with Crippen molar-refractivity contribution < 1.29 is 39.2 Å². The Kier molecular flexibility index (Phi) is 11.1. The standard InChI is InChI=1S/C8H14O5.C4H6O3/c1-5(9)3-8(12)13-6(2)4-7(10)11;1-3(5)2-4(6)7/h5-6,9H,3-4H2,1-2H3,(H,10,11);2H2,1H3,(H,6,7). The molecule has 2 atom stereocenters. The second kappa shape index (κ2) is 10.9. The molecule has 0 aliphatic heterocycles. The van der Waals surface area contributed by atoms with Crippen LogP contribution in [0.25, 0.3) is 0 Å². The van der Waals surface area contributed by atoms with Crippen molar-refractivity contribution in [2.45, 2.75) is 52.2 Å². The average molecular weight is 292 g/mol. The summed E-state index contributed by atoms with van der Waals surface area (Å²) in [7, 11) is 0. The van der Waals surface area contributed by atoms with Crippen LogP contribution in [0.1, 0.15) is 40.0 Å². The maximum atomic E-state index is 10.9. The number of Topliss-reactive ketones (excluding diaryl/α,β-unsaturated/α-hetero) is 1. The lowest BCUT2D eigenvalue weighted by Crippen LogP contribution is -2.20. The summed E-state index contributed by atoms with van der Waals surface area (Å²) < 4.78 is 4.69. The molecule has 0 saturated carbocycles. The van der Waals surface area contributed by atoms with Crippen LogP contribution in [0.2, 0.25) is 0 Å². The molecule has 0 spiro atoms. The lowest BCUT2D eigenvalue weighted by Gasteiger charge is -2.11. The molecule has 0 amide bonds. The molecule has 0 radical (unpaired) electrons. The van der Waals surface area contributed by atoms with E-state index < -0.39 is 30.1 Å². The molecule has 0 aromatic rings. The molecule has 0 aliphatic carbocycles. The molecule has 0 fully saturated rings. The minimum atomic E-state index is -1.06. The minimum absolute atomic E-state index is 0.107. The number of ketones is 1. The summed E-state index contributed by atoms with van der Waals surface area (Å²) in [4.78, 5) is 40.5. The Bertz CT molecular complexity index is 335. The van der Waals surface area contributed by atoms with Crippen molar-refractivity contribution in [3.05, 3.63) is 0 Å². The van der Waals surface area contributed by atoms with E-state index in [-0.39, 0.29) is 25.0 Å². The summed E-state index contributed by atoms with van der Waals surface area (Å²) in [6, 6.07) is 0. The average Bonchev–Trinajstić information content (AvgIpc) is 2.11. The van der Waals surface area contributed by atoms with Crippen LogP contribution in [0.4, 0.5) is 0 Å². The van der Waals surface area contributed by atoms with Crippen LogP contribution in [0.15, 0.2) is 0 Å². The molecule has 3 N–H and O–H groups in total. The number of hydrogen-bond acceptors (Lipinski definition) is 6. The number of hydrogen-bond donors (Lipinski definition) is 3. The highest BCUT2D eigenvalue weighted by Crippen LogP contribution is 2.01. The number of aliphatic hydroxyl groups excluding tert-OH is 1. The zero-order chi connectivity index (χ0) is 16.3. The van der Waals surface area contributed by atoms with Crippen molar-refractivity contribution in [3.63, 3.8) is 0 Å². The lowest BCUT2D eigenvalue weighted by atomic mass is 10.2. The van der Waals surface area contributed by atoms with Gasteiger partial charge in [0.1, 0.15) is 18.3 Å². The molecular weight excluding hydrogens is 272 g/mol. The molecule has 0 aromatic carbocycles. The van der Waals surface area contributed by atoms with E-state index in [0.717, 1.165) is 0 Å². The predicted octanol–water partition coefficient (Wildman–Crippen LogP) is 0.214. The highest BCUT2D eigenvalue weighted by atomic mass is 16.5. The van der Waals surface area contributed by atoms with Crippen LogP contribution in [0, 0.1) is 0 Å². The highest BCUT2D eigenvalue weighted by Gasteiger charge is 2.14. The minimum Gasteiger partial charge on any atom is -0.481 e. The smallest absolute Gasteiger partial charge is 0.310 e. The van der Waals surface area contributed by atoms with E-state index in [2.05, 4.69) is 0 Å². The molecule has 116 valence electrons. The van der Waals surface area contributed by atoms with E-state index in [4.69, 9.17) is 20.1 Å². The first kappa shape index (κ1) is 20.4. The zero-order valence-electron chi connectivity index (χ0n) is 11.7. The van der Waals surface area contributed by atoms with E-state index in [9.17, 15) is 19.2 Å². The Morgan fingerprint density at radius 3 is 1.75 bits per heavy atom. The molecular formula is C12H20O8. The van der Waals surface area contributed by atoms with Crippen LogP contribution in [0.3, 0.4) is 0 Å². The Balaban J connectivity index is 0. The highest BCUT2D eigenvalue weighted by molar-refractivity contribution is 5.93. The van der Waals surface area contributed by atoms with E-state index in [1.54, 1.807) is 0 Å². The van der Waals surface area contributed by atoms with Crippen molar-refractivity contribution in [3.8, 4) is 0 Å². The van der Waals surface area contributed by atoms with Gasteiger partial charge < -0.3 is 20.1 Å². The Hall–Kier alpha value is -1.96. The number of aliphatic hydroxyl groups is 1. The van der Waals surface area contributed by atoms with Gasteiger partial charge in [-0.1, -0.05) is 0 Å². The first-order chi connectivity index (χ1) is 9.04. The van der Waals surface area contributed by atoms with Crippen molar-refractivity contribution >= 4 is 23.7 Å². The molecule has 0 heterocycles. The van der Waals surface area contributed by atoms with Gasteiger partial charge in [-0.25, -0.2) is 0 Å². The molecule has 0 rings (SSSR count). The predicted molar refractivity (Wildman–Crippen MR) is 67.0 cm³/mol. The lowest BCUT2D eigenvalue weighted by molar-refractivity contribution is -0.153. The second-order valence-corrected chi connectivity index (χ2v) is 4.22. The normalized spacial score (nSPS) is 12.4. The Labute approximate surface area is 116 Å². The summed E-state index contributed by atoms with van der Waals surface area (Å²) in [5, 5.41) is 25.0. The number of carbonyl (C=O) groups excluding carboxylic acids is 2. The van der Waals surface area contributed by atoms with Crippen molar-refractivity contribution in [2.24, 2.45) is 0 Å². The first-order valence-corrected chi connectivity index (χ1v) is 5.85. The third kappa shape index (κ3) is 18.4. The Morgan fingerprint density at radius 1 is 1.00 bits per heavy atom. The van der Waals surface area contributed by atoms with Gasteiger partial charge in [-0.2, -0.15) is 0 Å². The molecule has 0 aliphatic rings. The van der Waals surface area contributed by atoms with E-state index in [1.807, 2.05) is 0 Å². The number of carboxylic acid groups (broad SMARTS) is 2. The van der Waals surface area contributed by atoms with Gasteiger partial charge in [0, 0.05) is 0 Å².